The zero-order valence-electron chi connectivity index (χ0n) is 17.8. The summed E-state index contributed by atoms with van der Waals surface area (Å²) in [5.74, 6) is 0.975. The molecule has 2 heterocycles. The van der Waals surface area contributed by atoms with Crippen LogP contribution in [0.1, 0.15) is 43.6 Å². The lowest BCUT2D eigenvalue weighted by Crippen LogP contribution is -2.33. The van der Waals surface area contributed by atoms with Crippen LogP contribution >= 0.6 is 11.8 Å². The summed E-state index contributed by atoms with van der Waals surface area (Å²) in [6, 6.07) is 13.0. The number of piperidine rings is 1. The quantitative estimate of drug-likeness (QED) is 0.393. The average Bonchev–Trinajstić information content (AvgIpc) is 3.22. The van der Waals surface area contributed by atoms with E-state index in [0.717, 1.165) is 37.4 Å². The van der Waals surface area contributed by atoms with Gasteiger partial charge in [-0.05, 0) is 63.2 Å². The number of benzene rings is 2. The first-order chi connectivity index (χ1) is 15.5. The molecule has 170 valence electrons. The van der Waals surface area contributed by atoms with E-state index >= 15 is 0 Å². The maximum Gasteiger partial charge on any atom is 0.387 e. The van der Waals surface area contributed by atoms with Gasteiger partial charge in [0, 0.05) is 17.0 Å². The van der Waals surface area contributed by atoms with Gasteiger partial charge in [0.25, 0.3) is 0 Å². The van der Waals surface area contributed by atoms with Gasteiger partial charge in [-0.25, -0.2) is 4.39 Å². The van der Waals surface area contributed by atoms with Crippen LogP contribution in [0.5, 0.6) is 5.75 Å². The van der Waals surface area contributed by atoms with Crippen molar-refractivity contribution in [2.24, 2.45) is 0 Å². The fourth-order valence-corrected chi connectivity index (χ4v) is 4.87. The molecule has 0 radical (unpaired) electrons. The van der Waals surface area contributed by atoms with E-state index in [2.05, 4.69) is 26.8 Å². The third-order valence-corrected chi connectivity index (χ3v) is 6.58. The summed E-state index contributed by atoms with van der Waals surface area (Å²) in [6.07, 6.45) is 3.53. The second kappa shape index (κ2) is 10.4. The fraction of sp³-hybridized carbons (Fsp3) is 0.391. The van der Waals surface area contributed by atoms with Gasteiger partial charge in [0.1, 0.15) is 11.6 Å². The Morgan fingerprint density at radius 1 is 1.00 bits per heavy atom. The number of nitrogens with zero attached hydrogens (tertiary/aromatic N) is 4. The molecule has 5 nitrogen and oxygen atoms in total. The Morgan fingerprint density at radius 3 is 2.44 bits per heavy atom. The summed E-state index contributed by atoms with van der Waals surface area (Å²) in [5, 5.41) is 9.49. The molecule has 0 N–H and O–H groups in total. The van der Waals surface area contributed by atoms with Crippen molar-refractivity contribution < 1.29 is 17.9 Å². The summed E-state index contributed by atoms with van der Waals surface area (Å²) < 4.78 is 45.7. The van der Waals surface area contributed by atoms with Gasteiger partial charge >= 0.3 is 6.61 Å². The molecule has 2 aromatic carbocycles. The third kappa shape index (κ3) is 5.27. The van der Waals surface area contributed by atoms with Crippen LogP contribution in [0.2, 0.25) is 0 Å². The van der Waals surface area contributed by atoms with Gasteiger partial charge in [-0.1, -0.05) is 36.4 Å². The molecule has 0 aliphatic carbocycles. The zero-order valence-corrected chi connectivity index (χ0v) is 18.6. The van der Waals surface area contributed by atoms with E-state index in [0.29, 0.717) is 16.5 Å². The Hall–Kier alpha value is -2.52. The number of halogens is 3. The second-order valence-corrected chi connectivity index (χ2v) is 8.64. The normalized spacial score (nSPS) is 15.8. The van der Waals surface area contributed by atoms with E-state index in [4.69, 9.17) is 0 Å². The van der Waals surface area contributed by atoms with Crippen molar-refractivity contribution in [1.82, 2.24) is 19.7 Å². The summed E-state index contributed by atoms with van der Waals surface area (Å²) in [6.45, 7) is 1.22. The first-order valence-electron chi connectivity index (χ1n) is 10.6. The average molecular weight is 463 g/mol. The highest BCUT2D eigenvalue weighted by Crippen LogP contribution is 2.32. The Bertz CT molecular complexity index is 1020. The lowest BCUT2D eigenvalue weighted by atomic mass is 10.1. The maximum absolute atomic E-state index is 13.6. The van der Waals surface area contributed by atoms with Crippen LogP contribution in [0.4, 0.5) is 13.2 Å². The van der Waals surface area contributed by atoms with Gasteiger partial charge in [0.2, 0.25) is 0 Å². The molecule has 9 heteroatoms. The molecule has 1 fully saturated rings. The van der Waals surface area contributed by atoms with Crippen molar-refractivity contribution in [1.29, 1.82) is 0 Å². The first kappa shape index (κ1) is 22.7. The number of thioether (sulfide) groups is 1. The molecule has 0 bridgehead atoms. The van der Waals surface area contributed by atoms with Crippen LogP contribution in [0.15, 0.2) is 53.7 Å². The van der Waals surface area contributed by atoms with E-state index < -0.39 is 6.61 Å². The van der Waals surface area contributed by atoms with Gasteiger partial charge in [0.15, 0.2) is 11.0 Å². The minimum absolute atomic E-state index is 0.0386. The van der Waals surface area contributed by atoms with Gasteiger partial charge in [-0.3, -0.25) is 9.47 Å². The van der Waals surface area contributed by atoms with Gasteiger partial charge in [-0.2, -0.15) is 8.78 Å². The van der Waals surface area contributed by atoms with Crippen molar-refractivity contribution >= 4 is 11.8 Å². The van der Waals surface area contributed by atoms with Gasteiger partial charge in [0.05, 0.1) is 6.04 Å². The smallest absolute Gasteiger partial charge is 0.387 e. The molecule has 1 unspecified atom stereocenters. The monoisotopic (exact) mass is 462 g/mol. The number of aromatic nitrogens is 3. The topological polar surface area (TPSA) is 43.2 Å². The second-order valence-electron chi connectivity index (χ2n) is 7.70. The summed E-state index contributed by atoms with van der Waals surface area (Å²) in [5.41, 5.74) is 1.40. The van der Waals surface area contributed by atoms with Crippen LogP contribution in [0.25, 0.3) is 5.69 Å². The molecule has 4 rings (SSSR count). The summed E-state index contributed by atoms with van der Waals surface area (Å²) in [7, 11) is 0. The molecule has 3 aromatic rings. The van der Waals surface area contributed by atoms with E-state index in [1.807, 2.05) is 4.57 Å². The highest BCUT2D eigenvalue weighted by atomic mass is 32.2. The third-order valence-electron chi connectivity index (χ3n) is 5.60. The van der Waals surface area contributed by atoms with Crippen molar-refractivity contribution in [3.8, 4) is 11.4 Å². The zero-order chi connectivity index (χ0) is 22.5. The van der Waals surface area contributed by atoms with Crippen LogP contribution < -0.4 is 4.74 Å². The minimum Gasteiger partial charge on any atom is -0.435 e. The Kier molecular flexibility index (Phi) is 7.36. The fourth-order valence-electron chi connectivity index (χ4n) is 3.92. The number of ether oxygens (including phenoxy) is 1. The predicted molar refractivity (Wildman–Crippen MR) is 118 cm³/mol. The Balaban J connectivity index is 1.63. The highest BCUT2D eigenvalue weighted by molar-refractivity contribution is 7.98. The molecular formula is C23H25F3N4OS. The van der Waals surface area contributed by atoms with Crippen LogP contribution in [0, 0.1) is 5.82 Å². The number of rotatable bonds is 8. The van der Waals surface area contributed by atoms with Crippen LogP contribution in [0.3, 0.4) is 0 Å². The molecule has 32 heavy (non-hydrogen) atoms. The van der Waals surface area contributed by atoms with Crippen molar-refractivity contribution in [2.75, 3.05) is 13.1 Å². The molecule has 1 saturated heterocycles. The van der Waals surface area contributed by atoms with Crippen molar-refractivity contribution in [3.05, 3.63) is 65.7 Å². The van der Waals surface area contributed by atoms with Crippen molar-refractivity contribution in [2.45, 2.75) is 49.7 Å². The first-order valence-corrected chi connectivity index (χ1v) is 11.6. The molecule has 0 amide bonds. The van der Waals surface area contributed by atoms with E-state index in [1.165, 1.54) is 36.4 Å². The lowest BCUT2D eigenvalue weighted by molar-refractivity contribution is -0.0503. The Morgan fingerprint density at radius 2 is 1.72 bits per heavy atom. The summed E-state index contributed by atoms with van der Waals surface area (Å²) >= 11 is 1.38. The number of hydrogen-bond donors (Lipinski definition) is 0. The minimum atomic E-state index is -2.89. The van der Waals surface area contributed by atoms with E-state index in [1.54, 1.807) is 30.3 Å². The molecule has 1 atom stereocenters. The lowest BCUT2D eigenvalue weighted by Gasteiger charge is -2.31. The maximum atomic E-state index is 13.6. The van der Waals surface area contributed by atoms with Crippen LogP contribution in [-0.4, -0.2) is 39.4 Å². The van der Waals surface area contributed by atoms with Crippen LogP contribution in [-0.2, 0) is 5.75 Å². The van der Waals surface area contributed by atoms with E-state index in [9.17, 15) is 13.2 Å². The predicted octanol–water partition coefficient (Wildman–Crippen LogP) is 5.85. The van der Waals surface area contributed by atoms with Gasteiger partial charge < -0.3 is 4.74 Å². The van der Waals surface area contributed by atoms with Gasteiger partial charge in [-0.15, -0.1) is 10.2 Å². The number of likely N-dealkylation sites (tertiary alicyclic amines) is 1. The molecule has 0 saturated carbocycles. The SMILES string of the molecule is CC(c1nnc(SCc2ccccc2OC(F)F)n1-c1ccc(F)cc1)N1CCCCC1. The number of para-hydroxylation sites is 1. The molecule has 1 aliphatic heterocycles. The Labute approximate surface area is 189 Å². The summed E-state index contributed by atoms with van der Waals surface area (Å²) in [4.78, 5) is 2.38. The standard InChI is InChI=1S/C23H25F3N4OS/c1-16(29-13-5-2-6-14-29)21-27-28-23(30(21)19-11-9-18(24)10-12-19)32-15-17-7-3-4-8-20(17)31-22(25)26/h3-4,7-12,16,22H,2,5-6,13-15H2,1H3. The molecular weight excluding hydrogens is 437 g/mol. The van der Waals surface area contributed by atoms with Crippen molar-refractivity contribution in [3.63, 3.8) is 0 Å². The molecule has 1 aliphatic rings. The van der Waals surface area contributed by atoms with E-state index in [-0.39, 0.29) is 17.6 Å². The largest absolute Gasteiger partial charge is 0.435 e. The molecule has 0 spiro atoms. The number of alkyl halides is 2. The molecule has 1 aromatic heterocycles. The highest BCUT2D eigenvalue weighted by Gasteiger charge is 2.25. The number of hydrogen-bond acceptors (Lipinski definition) is 5.